The number of aliphatic imine (C=N–C) groups is 1. The fourth-order valence-corrected chi connectivity index (χ4v) is 2.88. The van der Waals surface area contributed by atoms with Gasteiger partial charge in [-0.15, -0.1) is 0 Å². The predicted octanol–water partition coefficient (Wildman–Crippen LogP) is 6.03. The lowest BCUT2D eigenvalue weighted by molar-refractivity contribution is 0.0919. The van der Waals surface area contributed by atoms with Crippen molar-refractivity contribution < 1.29 is 4.79 Å². The SMILES string of the molecule is CC/C=C(/C=N\C)c1cc(C(=O)NC(C)(C)C)cc(-c2ccc(Cl)cc2)c1. The molecule has 0 aromatic heterocycles. The molecule has 2 aromatic carbocycles. The number of benzene rings is 2. The van der Waals surface area contributed by atoms with Crippen LogP contribution in [-0.2, 0) is 0 Å². The first-order chi connectivity index (χ1) is 12.7. The zero-order chi connectivity index (χ0) is 20.0. The van der Waals surface area contributed by atoms with Crippen molar-refractivity contribution in [3.8, 4) is 11.1 Å². The Morgan fingerprint density at radius 2 is 1.70 bits per heavy atom. The van der Waals surface area contributed by atoms with E-state index in [4.69, 9.17) is 11.6 Å². The highest BCUT2D eigenvalue weighted by molar-refractivity contribution is 6.30. The van der Waals surface area contributed by atoms with E-state index in [0.29, 0.717) is 10.6 Å². The maximum atomic E-state index is 12.8. The van der Waals surface area contributed by atoms with E-state index in [1.807, 2.05) is 63.4 Å². The second kappa shape index (κ2) is 9.01. The van der Waals surface area contributed by atoms with E-state index < -0.39 is 0 Å². The summed E-state index contributed by atoms with van der Waals surface area (Å²) in [5.41, 5.74) is 4.26. The third-order valence-corrected chi connectivity index (χ3v) is 4.14. The van der Waals surface area contributed by atoms with Crippen LogP contribution in [0, 0.1) is 0 Å². The third-order valence-electron chi connectivity index (χ3n) is 3.89. The van der Waals surface area contributed by atoms with E-state index in [0.717, 1.165) is 28.7 Å². The largest absolute Gasteiger partial charge is 0.347 e. The van der Waals surface area contributed by atoms with Crippen LogP contribution in [0.15, 0.2) is 53.5 Å². The summed E-state index contributed by atoms with van der Waals surface area (Å²) >= 11 is 6.03. The fraction of sp³-hybridized carbons (Fsp3) is 0.304. The number of rotatable bonds is 5. The van der Waals surface area contributed by atoms with Crippen molar-refractivity contribution in [1.29, 1.82) is 0 Å². The fourth-order valence-electron chi connectivity index (χ4n) is 2.75. The van der Waals surface area contributed by atoms with Crippen LogP contribution in [0.1, 0.15) is 50.0 Å². The predicted molar refractivity (Wildman–Crippen MR) is 117 cm³/mol. The maximum Gasteiger partial charge on any atom is 0.251 e. The molecule has 0 radical (unpaired) electrons. The summed E-state index contributed by atoms with van der Waals surface area (Å²) in [5, 5.41) is 3.73. The number of carbonyl (C=O) groups excluding carboxylic acids is 1. The van der Waals surface area contributed by atoms with Gasteiger partial charge in [-0.05, 0) is 79.8 Å². The van der Waals surface area contributed by atoms with Crippen LogP contribution in [0.25, 0.3) is 16.7 Å². The quantitative estimate of drug-likeness (QED) is 0.630. The minimum Gasteiger partial charge on any atom is -0.347 e. The van der Waals surface area contributed by atoms with Gasteiger partial charge in [0.25, 0.3) is 5.91 Å². The zero-order valence-corrected chi connectivity index (χ0v) is 17.4. The minimum absolute atomic E-state index is 0.0937. The second-order valence-electron chi connectivity index (χ2n) is 7.47. The molecule has 0 spiro atoms. The molecule has 0 atom stereocenters. The third kappa shape index (κ3) is 6.07. The van der Waals surface area contributed by atoms with Crippen molar-refractivity contribution in [2.24, 2.45) is 4.99 Å². The normalized spacial score (nSPS) is 12.4. The highest BCUT2D eigenvalue weighted by atomic mass is 35.5. The Kier molecular flexibility index (Phi) is 6.98. The van der Waals surface area contributed by atoms with Crippen molar-refractivity contribution >= 4 is 29.3 Å². The molecule has 0 saturated carbocycles. The van der Waals surface area contributed by atoms with Gasteiger partial charge in [0.1, 0.15) is 0 Å². The van der Waals surface area contributed by atoms with Crippen molar-refractivity contribution in [3.05, 3.63) is 64.7 Å². The van der Waals surface area contributed by atoms with Gasteiger partial charge in [-0.25, -0.2) is 0 Å². The number of carbonyl (C=O) groups is 1. The lowest BCUT2D eigenvalue weighted by Gasteiger charge is -2.21. The number of amides is 1. The Balaban J connectivity index is 2.61. The molecule has 27 heavy (non-hydrogen) atoms. The Hall–Kier alpha value is -2.39. The zero-order valence-electron chi connectivity index (χ0n) is 16.6. The summed E-state index contributed by atoms with van der Waals surface area (Å²) in [6.45, 7) is 8.00. The molecule has 0 fully saturated rings. The van der Waals surface area contributed by atoms with Crippen LogP contribution < -0.4 is 5.32 Å². The van der Waals surface area contributed by atoms with Gasteiger partial charge in [0.05, 0.1) is 0 Å². The van der Waals surface area contributed by atoms with Gasteiger partial charge in [-0.3, -0.25) is 9.79 Å². The van der Waals surface area contributed by atoms with Crippen molar-refractivity contribution in [2.75, 3.05) is 7.05 Å². The molecule has 0 aliphatic carbocycles. The summed E-state index contributed by atoms with van der Waals surface area (Å²) in [7, 11) is 1.75. The number of halogens is 1. The van der Waals surface area contributed by atoms with E-state index in [-0.39, 0.29) is 11.4 Å². The van der Waals surface area contributed by atoms with Gasteiger partial charge in [-0.1, -0.05) is 36.7 Å². The molecular weight excluding hydrogens is 356 g/mol. The van der Waals surface area contributed by atoms with Crippen LogP contribution in [0.2, 0.25) is 5.02 Å². The summed E-state index contributed by atoms with van der Waals surface area (Å²) in [6.07, 6.45) is 4.82. The monoisotopic (exact) mass is 382 g/mol. The van der Waals surface area contributed by atoms with E-state index in [9.17, 15) is 4.79 Å². The van der Waals surface area contributed by atoms with Gasteiger partial charge < -0.3 is 5.32 Å². The molecule has 1 amide bonds. The van der Waals surface area contributed by atoms with Crippen LogP contribution in [0.4, 0.5) is 0 Å². The molecule has 3 nitrogen and oxygen atoms in total. The molecule has 0 aliphatic heterocycles. The summed E-state index contributed by atoms with van der Waals surface area (Å²) in [4.78, 5) is 17.0. The molecule has 0 saturated heterocycles. The lowest BCUT2D eigenvalue weighted by atomic mass is 9.95. The van der Waals surface area contributed by atoms with Crippen molar-refractivity contribution in [2.45, 2.75) is 39.7 Å². The van der Waals surface area contributed by atoms with Gasteiger partial charge in [0, 0.05) is 29.4 Å². The first-order valence-electron chi connectivity index (χ1n) is 9.09. The molecule has 1 N–H and O–H groups in total. The molecule has 2 rings (SSSR count). The average molecular weight is 383 g/mol. The highest BCUT2D eigenvalue weighted by Gasteiger charge is 2.17. The number of hydrogen-bond donors (Lipinski definition) is 1. The van der Waals surface area contributed by atoms with Crippen molar-refractivity contribution in [3.63, 3.8) is 0 Å². The second-order valence-corrected chi connectivity index (χ2v) is 7.90. The molecule has 0 unspecified atom stereocenters. The summed E-state index contributed by atoms with van der Waals surface area (Å²) in [6, 6.07) is 13.6. The number of nitrogens with one attached hydrogen (secondary N) is 1. The van der Waals surface area contributed by atoms with Crippen molar-refractivity contribution in [1.82, 2.24) is 5.32 Å². The van der Waals surface area contributed by atoms with Gasteiger partial charge in [0.2, 0.25) is 0 Å². The standard InChI is InChI=1S/C23H27ClN2O/c1-6-7-17(15-25-5)19-12-18(16-8-10-21(24)11-9-16)13-20(14-19)22(27)26-23(2,3)4/h7-15H,6H2,1-5H3,(H,26,27)/b17-7-,25-15-. The number of allylic oxidation sites excluding steroid dienone is 2. The van der Waals surface area contributed by atoms with Gasteiger partial charge >= 0.3 is 0 Å². The van der Waals surface area contributed by atoms with Gasteiger partial charge in [-0.2, -0.15) is 0 Å². The van der Waals surface area contributed by atoms with E-state index >= 15 is 0 Å². The van der Waals surface area contributed by atoms with Crippen LogP contribution in [0.3, 0.4) is 0 Å². The van der Waals surface area contributed by atoms with E-state index in [1.165, 1.54) is 0 Å². The van der Waals surface area contributed by atoms with E-state index in [1.54, 1.807) is 7.05 Å². The van der Waals surface area contributed by atoms with Gasteiger partial charge in [0.15, 0.2) is 0 Å². The Bertz CT molecular complexity index is 859. The minimum atomic E-state index is -0.305. The number of hydrogen-bond acceptors (Lipinski definition) is 2. The highest BCUT2D eigenvalue weighted by Crippen LogP contribution is 2.27. The Labute approximate surface area is 167 Å². The molecule has 142 valence electrons. The Morgan fingerprint density at radius 3 is 2.26 bits per heavy atom. The molecule has 2 aromatic rings. The smallest absolute Gasteiger partial charge is 0.251 e. The molecule has 0 aliphatic rings. The van der Waals surface area contributed by atoms with Crippen LogP contribution in [-0.4, -0.2) is 24.7 Å². The molecule has 0 bridgehead atoms. The average Bonchev–Trinajstić information content (AvgIpc) is 2.60. The maximum absolute atomic E-state index is 12.8. The molecule has 4 heteroatoms. The number of nitrogens with zero attached hydrogens (tertiary/aromatic N) is 1. The summed E-state index contributed by atoms with van der Waals surface area (Å²) in [5.74, 6) is -0.0937. The topological polar surface area (TPSA) is 41.5 Å². The molecular formula is C23H27ClN2O. The lowest BCUT2D eigenvalue weighted by Crippen LogP contribution is -2.40. The first kappa shape index (κ1) is 20.9. The van der Waals surface area contributed by atoms with Crippen LogP contribution >= 0.6 is 11.6 Å². The van der Waals surface area contributed by atoms with E-state index in [2.05, 4.69) is 29.4 Å². The van der Waals surface area contributed by atoms with Crippen LogP contribution in [0.5, 0.6) is 0 Å². The first-order valence-corrected chi connectivity index (χ1v) is 9.47. The Morgan fingerprint density at radius 1 is 1.07 bits per heavy atom. The summed E-state index contributed by atoms with van der Waals surface area (Å²) < 4.78 is 0. The molecule has 0 heterocycles.